The number of carbonyl (C=O) groups is 2. The zero-order valence-electron chi connectivity index (χ0n) is 27.1. The van der Waals surface area contributed by atoms with E-state index in [2.05, 4.69) is 35.7 Å². The van der Waals surface area contributed by atoms with Crippen LogP contribution in [0.2, 0.25) is 0 Å². The van der Waals surface area contributed by atoms with Crippen molar-refractivity contribution >= 4 is 11.8 Å². The van der Waals surface area contributed by atoms with Crippen LogP contribution in [0, 0.1) is 5.92 Å². The average molecular weight is 630 g/mol. The fraction of sp³-hybridized carbons (Fsp3) is 0.405. The number of allylic oxidation sites excluding steroid dienone is 2. The van der Waals surface area contributed by atoms with Crippen LogP contribution in [0.1, 0.15) is 69.1 Å². The highest BCUT2D eigenvalue weighted by Crippen LogP contribution is 2.34. The summed E-state index contributed by atoms with van der Waals surface area (Å²) in [6.45, 7) is 4.35. The highest BCUT2D eigenvalue weighted by atomic mass is 16.5. The van der Waals surface area contributed by atoms with Crippen molar-refractivity contribution in [3.63, 3.8) is 0 Å². The standard InChI is InChI=1S/C37H47N3O6/c1-4-26(18-30-24-39-23-29(30)12-8-28-16-17-40-37(38)20-28)10-14-34(45-25(2)41)22-32(43)13-9-27-11-15-35(36(19-27)44-3)46-33-7-5-6-31(42)21-33/h5-7,11,15-16,19-21,23-24,26,34,39-40,42H,4,8-10,12-14,17-18,22,38H2,1-3H3. The molecule has 2 heterocycles. The molecule has 5 N–H and O–H groups in total. The maximum absolute atomic E-state index is 13.0. The van der Waals surface area contributed by atoms with Crippen molar-refractivity contribution in [2.45, 2.75) is 77.7 Å². The van der Waals surface area contributed by atoms with E-state index in [4.69, 9.17) is 19.9 Å². The molecule has 0 aliphatic carbocycles. The maximum atomic E-state index is 13.0. The molecule has 0 amide bonds. The van der Waals surface area contributed by atoms with E-state index in [9.17, 15) is 14.7 Å². The van der Waals surface area contributed by atoms with Gasteiger partial charge in [-0.25, -0.2) is 0 Å². The Kier molecular flexibility index (Phi) is 12.8. The lowest BCUT2D eigenvalue weighted by Gasteiger charge is -2.21. The first kappa shape index (κ1) is 34.2. The van der Waals surface area contributed by atoms with Crippen molar-refractivity contribution in [1.29, 1.82) is 0 Å². The van der Waals surface area contributed by atoms with Crippen molar-refractivity contribution in [2.75, 3.05) is 13.7 Å². The minimum atomic E-state index is -0.443. The van der Waals surface area contributed by atoms with Gasteiger partial charge in [-0.3, -0.25) is 9.59 Å². The molecule has 0 fully saturated rings. The van der Waals surface area contributed by atoms with Crippen LogP contribution < -0.4 is 20.5 Å². The number of ether oxygens (including phenoxy) is 3. The molecule has 246 valence electrons. The summed E-state index contributed by atoms with van der Waals surface area (Å²) < 4.78 is 17.0. The van der Waals surface area contributed by atoms with E-state index in [1.54, 1.807) is 31.4 Å². The molecule has 46 heavy (non-hydrogen) atoms. The molecule has 9 nitrogen and oxygen atoms in total. The van der Waals surface area contributed by atoms with E-state index in [1.165, 1.54) is 29.7 Å². The number of nitrogens with two attached hydrogens (primary N) is 1. The van der Waals surface area contributed by atoms with E-state index in [0.29, 0.717) is 48.2 Å². The van der Waals surface area contributed by atoms with Gasteiger partial charge in [-0.1, -0.05) is 31.6 Å². The second kappa shape index (κ2) is 17.1. The summed E-state index contributed by atoms with van der Waals surface area (Å²) in [5.74, 6) is 2.45. The van der Waals surface area contributed by atoms with Gasteiger partial charge in [-0.15, -0.1) is 0 Å². The minimum Gasteiger partial charge on any atom is -0.508 e. The Labute approximate surface area is 271 Å². The van der Waals surface area contributed by atoms with Crippen LogP contribution in [0.15, 0.2) is 78.4 Å². The van der Waals surface area contributed by atoms with Crippen molar-refractivity contribution in [1.82, 2.24) is 10.3 Å². The second-order valence-corrected chi connectivity index (χ2v) is 11.9. The molecule has 3 aromatic rings. The van der Waals surface area contributed by atoms with Crippen LogP contribution in [-0.2, 0) is 33.6 Å². The first-order chi connectivity index (χ1) is 22.2. The SMILES string of the molecule is CCC(CCC(CC(=O)CCc1ccc(Oc2cccc(O)c2)c(OC)c1)OC(C)=O)Cc1c[nH]cc1CCC1=CCNC(N)=C1. The van der Waals surface area contributed by atoms with Crippen LogP contribution in [-0.4, -0.2) is 41.6 Å². The summed E-state index contributed by atoms with van der Waals surface area (Å²) in [4.78, 5) is 28.2. The quantitative estimate of drug-likeness (QED) is 0.115. The van der Waals surface area contributed by atoms with Crippen LogP contribution in [0.3, 0.4) is 0 Å². The molecule has 1 aliphatic rings. The number of carbonyl (C=O) groups excluding carboxylic acids is 2. The normalized spacial score (nSPS) is 14.0. The number of aryl methyl sites for hydroxylation is 2. The minimum absolute atomic E-state index is 0.0492. The van der Waals surface area contributed by atoms with Gasteiger partial charge in [0.2, 0.25) is 0 Å². The Morgan fingerprint density at radius 3 is 2.59 bits per heavy atom. The number of rotatable bonds is 18. The fourth-order valence-corrected chi connectivity index (χ4v) is 5.80. The summed E-state index contributed by atoms with van der Waals surface area (Å²) in [7, 11) is 1.56. The summed E-state index contributed by atoms with van der Waals surface area (Å²) in [5, 5.41) is 12.8. The number of ketones is 1. The molecule has 0 bridgehead atoms. The van der Waals surface area contributed by atoms with Crippen molar-refractivity contribution in [3.05, 3.63) is 95.1 Å². The summed E-state index contributed by atoms with van der Waals surface area (Å²) in [5.41, 5.74) is 10.7. The first-order valence-electron chi connectivity index (χ1n) is 16.1. The van der Waals surface area contributed by atoms with Gasteiger partial charge in [0.1, 0.15) is 23.4 Å². The molecular formula is C37H47N3O6. The maximum Gasteiger partial charge on any atom is 0.302 e. The Balaban J connectivity index is 1.28. The number of aromatic nitrogens is 1. The van der Waals surface area contributed by atoms with Gasteiger partial charge < -0.3 is 35.4 Å². The summed E-state index contributed by atoms with van der Waals surface area (Å²) in [6.07, 6.45) is 14.3. The van der Waals surface area contributed by atoms with Crippen LogP contribution in [0.25, 0.3) is 0 Å². The molecule has 0 radical (unpaired) electrons. The van der Waals surface area contributed by atoms with Crippen molar-refractivity contribution < 1.29 is 28.9 Å². The van der Waals surface area contributed by atoms with Gasteiger partial charge >= 0.3 is 5.97 Å². The van der Waals surface area contributed by atoms with Gasteiger partial charge in [-0.2, -0.15) is 0 Å². The third-order valence-corrected chi connectivity index (χ3v) is 8.36. The molecular weight excluding hydrogens is 582 g/mol. The van der Waals surface area contributed by atoms with E-state index in [-0.39, 0.29) is 23.9 Å². The number of phenolic OH excluding ortho intramolecular Hbond substituents is 1. The predicted molar refractivity (Wildman–Crippen MR) is 179 cm³/mol. The molecule has 1 aromatic heterocycles. The zero-order chi connectivity index (χ0) is 32.9. The number of esters is 1. The van der Waals surface area contributed by atoms with Gasteiger partial charge in [0.25, 0.3) is 0 Å². The number of nitrogens with one attached hydrogen (secondary N) is 2. The van der Waals surface area contributed by atoms with Gasteiger partial charge in [0.05, 0.1) is 12.9 Å². The molecule has 2 unspecified atom stereocenters. The second-order valence-electron chi connectivity index (χ2n) is 11.9. The lowest BCUT2D eigenvalue weighted by molar-refractivity contribution is -0.148. The van der Waals surface area contributed by atoms with Crippen LogP contribution >= 0.6 is 0 Å². The molecule has 0 saturated heterocycles. The van der Waals surface area contributed by atoms with Gasteiger partial charge in [0.15, 0.2) is 11.5 Å². The molecule has 4 rings (SSSR count). The topological polar surface area (TPSA) is 136 Å². The Bertz CT molecular complexity index is 1520. The number of phenols is 1. The lowest BCUT2D eigenvalue weighted by atomic mass is 9.89. The Hall–Kier alpha value is -4.66. The first-order valence-corrected chi connectivity index (χ1v) is 16.1. The molecule has 9 heteroatoms. The Morgan fingerprint density at radius 2 is 1.85 bits per heavy atom. The molecule has 0 saturated carbocycles. The smallest absolute Gasteiger partial charge is 0.302 e. The van der Waals surface area contributed by atoms with Gasteiger partial charge in [-0.05, 0) is 97.0 Å². The zero-order valence-corrected chi connectivity index (χ0v) is 27.1. The van der Waals surface area contributed by atoms with Crippen LogP contribution in [0.4, 0.5) is 0 Å². The predicted octanol–water partition coefficient (Wildman–Crippen LogP) is 6.66. The number of aromatic amines is 1. The number of dihydropyridines is 1. The molecule has 0 spiro atoms. The van der Waals surface area contributed by atoms with E-state index in [0.717, 1.165) is 44.2 Å². The average Bonchev–Trinajstić information content (AvgIpc) is 3.48. The molecule has 2 aromatic carbocycles. The number of hydrogen-bond donors (Lipinski definition) is 4. The van der Waals surface area contributed by atoms with Crippen LogP contribution in [0.5, 0.6) is 23.0 Å². The van der Waals surface area contributed by atoms with Gasteiger partial charge in [0, 0.05) is 44.8 Å². The lowest BCUT2D eigenvalue weighted by Crippen LogP contribution is -2.23. The number of Topliss-reactive ketones (excluding diaryl/α,β-unsaturated/α-hetero) is 1. The molecule has 1 aliphatic heterocycles. The highest BCUT2D eigenvalue weighted by molar-refractivity contribution is 5.79. The monoisotopic (exact) mass is 629 g/mol. The third-order valence-electron chi connectivity index (χ3n) is 8.36. The fourth-order valence-electron chi connectivity index (χ4n) is 5.80. The van der Waals surface area contributed by atoms with Crippen molar-refractivity contribution in [2.24, 2.45) is 11.7 Å². The number of aromatic hydroxyl groups is 1. The number of H-pyrrole nitrogens is 1. The third kappa shape index (κ3) is 10.8. The highest BCUT2D eigenvalue weighted by Gasteiger charge is 2.20. The largest absolute Gasteiger partial charge is 0.508 e. The van der Waals surface area contributed by atoms with E-state index in [1.807, 2.05) is 18.2 Å². The summed E-state index contributed by atoms with van der Waals surface area (Å²) >= 11 is 0. The number of benzene rings is 2. The van der Waals surface area contributed by atoms with E-state index >= 15 is 0 Å². The summed E-state index contributed by atoms with van der Waals surface area (Å²) in [6, 6.07) is 12.1. The molecule has 2 atom stereocenters. The van der Waals surface area contributed by atoms with E-state index < -0.39 is 6.10 Å². The van der Waals surface area contributed by atoms with Crippen molar-refractivity contribution in [3.8, 4) is 23.0 Å². The Morgan fingerprint density at radius 1 is 1.02 bits per heavy atom. The number of methoxy groups -OCH3 is 1. The number of hydrogen-bond acceptors (Lipinski definition) is 8.